The average Bonchev–Trinajstić information content (AvgIpc) is 3.23. The van der Waals surface area contributed by atoms with Crippen molar-refractivity contribution in [3.8, 4) is 0 Å². The van der Waals surface area contributed by atoms with Crippen molar-refractivity contribution in [3.05, 3.63) is 36.2 Å². The van der Waals surface area contributed by atoms with Crippen molar-refractivity contribution >= 4 is 5.91 Å². The third-order valence-corrected chi connectivity index (χ3v) is 5.32. The number of fused-ring (bicyclic) bond motifs is 1. The molecule has 2 aromatic heterocycles. The first kappa shape index (κ1) is 15.4. The van der Waals surface area contributed by atoms with E-state index < -0.39 is 0 Å². The number of amides is 1. The van der Waals surface area contributed by atoms with Crippen LogP contribution in [-0.2, 0) is 6.54 Å². The molecule has 0 aromatic carbocycles. The minimum absolute atomic E-state index is 0.0716. The molecule has 4 rings (SSSR count). The van der Waals surface area contributed by atoms with Gasteiger partial charge >= 0.3 is 0 Å². The van der Waals surface area contributed by atoms with Gasteiger partial charge in [0.15, 0.2) is 0 Å². The number of nitrogens with one attached hydrogen (secondary N) is 1. The van der Waals surface area contributed by atoms with Gasteiger partial charge in [-0.25, -0.2) is 4.98 Å². The van der Waals surface area contributed by atoms with Gasteiger partial charge in [-0.3, -0.25) is 14.8 Å². The van der Waals surface area contributed by atoms with E-state index in [4.69, 9.17) is 0 Å². The Morgan fingerprint density at radius 3 is 3.00 bits per heavy atom. The highest BCUT2D eigenvalue weighted by molar-refractivity contribution is 5.92. The molecule has 2 aliphatic rings. The Kier molecular flexibility index (Phi) is 3.88. The topological polar surface area (TPSA) is 70.1 Å². The number of likely N-dealkylation sites (tertiary alicyclic amines) is 2. The van der Waals surface area contributed by atoms with Gasteiger partial charge in [0.1, 0.15) is 5.69 Å². The number of imidazole rings is 1. The molecule has 0 unspecified atom stereocenters. The fraction of sp³-hybridized carbons (Fsp3) is 0.588. The summed E-state index contributed by atoms with van der Waals surface area (Å²) >= 11 is 0. The van der Waals surface area contributed by atoms with Crippen LogP contribution < -0.4 is 0 Å². The van der Waals surface area contributed by atoms with Gasteiger partial charge in [0, 0.05) is 56.6 Å². The Balaban J connectivity index is 1.36. The molecular weight excluding hydrogens is 304 g/mol. The third kappa shape index (κ3) is 2.62. The fourth-order valence-electron chi connectivity index (χ4n) is 4.02. The van der Waals surface area contributed by atoms with Crippen molar-refractivity contribution < 1.29 is 4.79 Å². The van der Waals surface area contributed by atoms with Crippen molar-refractivity contribution in [2.45, 2.75) is 38.9 Å². The zero-order chi connectivity index (χ0) is 16.7. The molecule has 1 amide bonds. The molecule has 0 bridgehead atoms. The number of rotatable bonds is 4. The largest absolute Gasteiger partial charge is 0.337 e. The quantitative estimate of drug-likeness (QED) is 0.924. The molecule has 2 atom stereocenters. The lowest BCUT2D eigenvalue weighted by atomic mass is 9.82. The summed E-state index contributed by atoms with van der Waals surface area (Å²) < 4.78 is 2.24. The Bertz CT molecular complexity index is 706. The van der Waals surface area contributed by atoms with Crippen LogP contribution in [0.15, 0.2) is 24.8 Å². The van der Waals surface area contributed by atoms with Crippen molar-refractivity contribution in [1.82, 2.24) is 29.5 Å². The van der Waals surface area contributed by atoms with E-state index >= 15 is 0 Å². The number of aromatic nitrogens is 4. The lowest BCUT2D eigenvalue weighted by Crippen LogP contribution is -2.63. The van der Waals surface area contributed by atoms with Crippen molar-refractivity contribution in [1.29, 1.82) is 0 Å². The maximum absolute atomic E-state index is 12.4. The SMILES string of the molecule is CC(C)n1cncc1CN1C[C@@H]2CN(C(=O)c3ccn[nH]3)CC[C@@H]21. The van der Waals surface area contributed by atoms with Crippen molar-refractivity contribution in [3.63, 3.8) is 0 Å². The summed E-state index contributed by atoms with van der Waals surface area (Å²) in [5.41, 5.74) is 1.87. The number of hydrogen-bond donors (Lipinski definition) is 1. The van der Waals surface area contributed by atoms with Gasteiger partial charge in [0.2, 0.25) is 0 Å². The molecule has 0 radical (unpaired) electrons. The van der Waals surface area contributed by atoms with Crippen LogP contribution >= 0.6 is 0 Å². The Morgan fingerprint density at radius 2 is 2.29 bits per heavy atom. The highest BCUT2D eigenvalue weighted by Crippen LogP contribution is 2.34. The van der Waals surface area contributed by atoms with Gasteiger partial charge < -0.3 is 9.47 Å². The normalized spacial score (nSPS) is 24.0. The summed E-state index contributed by atoms with van der Waals surface area (Å²) in [5, 5.41) is 6.65. The smallest absolute Gasteiger partial charge is 0.271 e. The molecule has 2 aliphatic heterocycles. The standard InChI is InChI=1S/C17H24N6O/c1-12(2)23-11-18-7-14(23)10-22-9-13-8-21(6-4-16(13)22)17(24)15-3-5-19-20-15/h3,5,7,11-13,16H,4,6,8-10H2,1-2H3,(H,19,20)/t13-,16-/m0/s1. The molecule has 4 heterocycles. The molecule has 2 fully saturated rings. The van der Waals surface area contributed by atoms with Crippen LogP contribution in [0.4, 0.5) is 0 Å². The number of carbonyl (C=O) groups is 1. The minimum Gasteiger partial charge on any atom is -0.337 e. The number of carbonyl (C=O) groups excluding carboxylic acids is 1. The van der Waals surface area contributed by atoms with Gasteiger partial charge in [-0.1, -0.05) is 0 Å². The summed E-state index contributed by atoms with van der Waals surface area (Å²) in [6.07, 6.45) is 6.57. The van der Waals surface area contributed by atoms with E-state index in [1.54, 1.807) is 12.3 Å². The Morgan fingerprint density at radius 1 is 1.42 bits per heavy atom. The van der Waals surface area contributed by atoms with E-state index in [1.165, 1.54) is 5.69 Å². The molecule has 24 heavy (non-hydrogen) atoms. The second-order valence-electron chi connectivity index (χ2n) is 7.15. The van der Waals surface area contributed by atoms with Crippen molar-refractivity contribution in [2.75, 3.05) is 19.6 Å². The highest BCUT2D eigenvalue weighted by Gasteiger charge is 2.43. The number of H-pyrrole nitrogens is 1. The fourth-order valence-corrected chi connectivity index (χ4v) is 4.02. The monoisotopic (exact) mass is 328 g/mol. The van der Waals surface area contributed by atoms with E-state index in [0.717, 1.165) is 32.6 Å². The van der Waals surface area contributed by atoms with Gasteiger partial charge in [-0.2, -0.15) is 5.10 Å². The van der Waals surface area contributed by atoms with Crippen molar-refractivity contribution in [2.24, 2.45) is 5.92 Å². The molecule has 0 aliphatic carbocycles. The first-order valence-corrected chi connectivity index (χ1v) is 8.67. The summed E-state index contributed by atoms with van der Waals surface area (Å²) in [5.74, 6) is 0.656. The first-order chi connectivity index (χ1) is 11.6. The number of aromatic amines is 1. The molecule has 2 saturated heterocycles. The summed E-state index contributed by atoms with van der Waals surface area (Å²) in [7, 11) is 0. The van der Waals surface area contributed by atoms with E-state index in [-0.39, 0.29) is 5.91 Å². The summed E-state index contributed by atoms with van der Waals surface area (Å²) in [6, 6.07) is 2.77. The van der Waals surface area contributed by atoms with E-state index in [2.05, 4.69) is 38.5 Å². The maximum Gasteiger partial charge on any atom is 0.271 e. The predicted molar refractivity (Wildman–Crippen MR) is 89.4 cm³/mol. The molecule has 1 N–H and O–H groups in total. The molecule has 7 nitrogen and oxygen atoms in total. The molecule has 128 valence electrons. The van der Waals surface area contributed by atoms with Gasteiger partial charge in [-0.05, 0) is 26.3 Å². The molecule has 0 saturated carbocycles. The van der Waals surface area contributed by atoms with Gasteiger partial charge in [-0.15, -0.1) is 0 Å². The Labute approximate surface area is 141 Å². The van der Waals surface area contributed by atoms with Crippen LogP contribution in [0.3, 0.4) is 0 Å². The number of piperidine rings is 1. The first-order valence-electron chi connectivity index (χ1n) is 8.67. The highest BCUT2D eigenvalue weighted by atomic mass is 16.2. The second-order valence-corrected chi connectivity index (χ2v) is 7.15. The zero-order valence-electron chi connectivity index (χ0n) is 14.2. The van der Waals surface area contributed by atoms with Crippen LogP contribution in [0.1, 0.15) is 42.5 Å². The summed E-state index contributed by atoms with van der Waals surface area (Å²) in [6.45, 7) is 8.04. The molecule has 7 heteroatoms. The minimum atomic E-state index is 0.0716. The maximum atomic E-state index is 12.4. The predicted octanol–water partition coefficient (Wildman–Crippen LogP) is 1.53. The number of nitrogens with zero attached hydrogens (tertiary/aromatic N) is 5. The summed E-state index contributed by atoms with van der Waals surface area (Å²) in [4.78, 5) is 21.2. The lowest BCUT2D eigenvalue weighted by Gasteiger charge is -2.53. The van der Waals surface area contributed by atoms with Crippen LogP contribution in [-0.4, -0.2) is 61.1 Å². The van der Waals surface area contributed by atoms with Gasteiger partial charge in [0.05, 0.1) is 12.0 Å². The second kappa shape index (κ2) is 6.05. The van der Waals surface area contributed by atoms with Crippen LogP contribution in [0, 0.1) is 5.92 Å². The average molecular weight is 328 g/mol. The van der Waals surface area contributed by atoms with E-state index in [0.29, 0.717) is 23.7 Å². The Hall–Kier alpha value is -2.15. The molecule has 2 aromatic rings. The lowest BCUT2D eigenvalue weighted by molar-refractivity contribution is -0.0435. The number of hydrogen-bond acceptors (Lipinski definition) is 4. The van der Waals surface area contributed by atoms with Crippen LogP contribution in [0.2, 0.25) is 0 Å². The van der Waals surface area contributed by atoms with Crippen LogP contribution in [0.5, 0.6) is 0 Å². The molecular formula is C17H24N6O. The third-order valence-electron chi connectivity index (χ3n) is 5.32. The zero-order valence-corrected chi connectivity index (χ0v) is 14.2. The van der Waals surface area contributed by atoms with E-state index in [1.807, 2.05) is 17.4 Å². The van der Waals surface area contributed by atoms with Gasteiger partial charge in [0.25, 0.3) is 5.91 Å². The van der Waals surface area contributed by atoms with E-state index in [9.17, 15) is 4.79 Å². The molecule has 0 spiro atoms. The van der Waals surface area contributed by atoms with Crippen LogP contribution in [0.25, 0.3) is 0 Å².